The van der Waals surface area contributed by atoms with Crippen LogP contribution in [0.25, 0.3) is 0 Å². The molecule has 0 aliphatic heterocycles. The van der Waals surface area contributed by atoms with Crippen molar-refractivity contribution in [3.05, 3.63) is 28.8 Å². The van der Waals surface area contributed by atoms with Gasteiger partial charge in [0.25, 0.3) is 5.91 Å². The molecule has 0 saturated carbocycles. The molecule has 0 spiro atoms. The van der Waals surface area contributed by atoms with Gasteiger partial charge >= 0.3 is 0 Å². The fraction of sp³-hybridized carbons (Fsp3) is 0.429. The minimum atomic E-state index is -0.128. The van der Waals surface area contributed by atoms with Crippen LogP contribution in [0.5, 0.6) is 0 Å². The number of carbonyl (C=O) groups excluding carboxylic acids is 1. The van der Waals surface area contributed by atoms with Crippen LogP contribution in [-0.4, -0.2) is 30.9 Å². The molecule has 0 unspecified atom stereocenters. The van der Waals surface area contributed by atoms with Gasteiger partial charge in [-0.05, 0) is 24.6 Å². The first-order chi connectivity index (χ1) is 9.10. The summed E-state index contributed by atoms with van der Waals surface area (Å²) in [6.45, 7) is 3.27. The molecule has 5 heteroatoms. The highest BCUT2D eigenvalue weighted by atomic mass is 35.5. The van der Waals surface area contributed by atoms with Crippen molar-refractivity contribution >= 4 is 23.2 Å². The van der Waals surface area contributed by atoms with Crippen LogP contribution in [0.4, 0.5) is 5.69 Å². The minimum absolute atomic E-state index is 0.128. The summed E-state index contributed by atoms with van der Waals surface area (Å²) in [5.41, 5.74) is 1.32. The summed E-state index contributed by atoms with van der Waals surface area (Å²) in [7, 11) is 1.68. The van der Waals surface area contributed by atoms with Gasteiger partial charge < -0.3 is 10.2 Å². The molecule has 0 aromatic heterocycles. The van der Waals surface area contributed by atoms with E-state index in [2.05, 4.69) is 12.2 Å². The van der Waals surface area contributed by atoms with E-state index >= 15 is 0 Å². The summed E-state index contributed by atoms with van der Waals surface area (Å²) in [6, 6.07) is 7.25. The van der Waals surface area contributed by atoms with Gasteiger partial charge in [0.05, 0.1) is 18.1 Å². The van der Waals surface area contributed by atoms with Crippen LogP contribution in [0.3, 0.4) is 0 Å². The van der Waals surface area contributed by atoms with Crippen LogP contribution in [0.2, 0.25) is 5.02 Å². The summed E-state index contributed by atoms with van der Waals surface area (Å²) in [5, 5.41) is 12.3. The zero-order chi connectivity index (χ0) is 14.3. The molecule has 1 rings (SSSR count). The first-order valence-electron chi connectivity index (χ1n) is 6.26. The minimum Gasteiger partial charge on any atom is -0.384 e. The Morgan fingerprint density at radius 2 is 2.26 bits per heavy atom. The van der Waals surface area contributed by atoms with E-state index in [0.29, 0.717) is 23.6 Å². The van der Waals surface area contributed by atoms with Crippen molar-refractivity contribution in [1.82, 2.24) is 4.90 Å². The largest absolute Gasteiger partial charge is 0.384 e. The van der Waals surface area contributed by atoms with Crippen LogP contribution in [0.1, 0.15) is 30.1 Å². The second-order valence-electron chi connectivity index (χ2n) is 4.25. The van der Waals surface area contributed by atoms with E-state index in [0.717, 1.165) is 18.7 Å². The maximum Gasteiger partial charge on any atom is 0.255 e. The van der Waals surface area contributed by atoms with Gasteiger partial charge in [-0.2, -0.15) is 5.26 Å². The van der Waals surface area contributed by atoms with Crippen LogP contribution in [0, 0.1) is 11.3 Å². The Morgan fingerprint density at radius 1 is 1.53 bits per heavy atom. The maximum atomic E-state index is 12.3. The molecule has 19 heavy (non-hydrogen) atoms. The molecule has 0 aliphatic rings. The molecule has 1 aromatic rings. The quantitative estimate of drug-likeness (QED) is 0.870. The lowest BCUT2D eigenvalue weighted by Crippen LogP contribution is -2.28. The zero-order valence-electron chi connectivity index (χ0n) is 11.2. The summed E-state index contributed by atoms with van der Waals surface area (Å²) in [6.07, 6.45) is 1.29. The van der Waals surface area contributed by atoms with Gasteiger partial charge in [-0.15, -0.1) is 0 Å². The third kappa shape index (κ3) is 4.46. The fourth-order valence-electron chi connectivity index (χ4n) is 1.63. The molecule has 0 fully saturated rings. The Labute approximate surface area is 119 Å². The number of nitrogens with zero attached hydrogens (tertiary/aromatic N) is 2. The lowest BCUT2D eigenvalue weighted by atomic mass is 10.1. The van der Waals surface area contributed by atoms with Crippen molar-refractivity contribution in [3.8, 4) is 6.07 Å². The zero-order valence-corrected chi connectivity index (χ0v) is 12.0. The number of rotatable bonds is 6. The van der Waals surface area contributed by atoms with E-state index in [1.165, 1.54) is 4.90 Å². The third-order valence-corrected chi connectivity index (χ3v) is 2.92. The van der Waals surface area contributed by atoms with Gasteiger partial charge in [0.1, 0.15) is 0 Å². The Hall–Kier alpha value is -1.73. The smallest absolute Gasteiger partial charge is 0.255 e. The number of halogens is 1. The van der Waals surface area contributed by atoms with E-state index < -0.39 is 0 Å². The van der Waals surface area contributed by atoms with Gasteiger partial charge in [0.15, 0.2) is 0 Å². The molecular weight excluding hydrogens is 262 g/mol. The van der Waals surface area contributed by atoms with Crippen molar-refractivity contribution in [3.63, 3.8) is 0 Å². The normalized spacial score (nSPS) is 9.79. The van der Waals surface area contributed by atoms with Crippen LogP contribution in [-0.2, 0) is 0 Å². The molecule has 1 N–H and O–H groups in total. The number of carbonyl (C=O) groups is 1. The predicted octanol–water partition coefficient (Wildman–Crippen LogP) is 3.15. The number of hydrogen-bond acceptors (Lipinski definition) is 3. The lowest BCUT2D eigenvalue weighted by molar-refractivity contribution is 0.0799. The second-order valence-corrected chi connectivity index (χ2v) is 4.69. The van der Waals surface area contributed by atoms with E-state index in [1.54, 1.807) is 19.2 Å². The Balaban J connectivity index is 2.93. The number of benzene rings is 1. The predicted molar refractivity (Wildman–Crippen MR) is 77.4 cm³/mol. The van der Waals surface area contributed by atoms with Crippen LogP contribution in [0.15, 0.2) is 18.2 Å². The van der Waals surface area contributed by atoms with Crippen LogP contribution < -0.4 is 5.32 Å². The molecule has 1 amide bonds. The highest BCUT2D eigenvalue weighted by Crippen LogP contribution is 2.22. The van der Waals surface area contributed by atoms with Crippen molar-refractivity contribution in [2.45, 2.75) is 19.8 Å². The first kappa shape index (κ1) is 15.3. The topological polar surface area (TPSA) is 56.1 Å². The van der Waals surface area contributed by atoms with Gasteiger partial charge in [0.2, 0.25) is 0 Å². The number of nitrogens with one attached hydrogen (secondary N) is 1. The van der Waals surface area contributed by atoms with Gasteiger partial charge in [-0.25, -0.2) is 0 Å². The number of hydrogen-bond donors (Lipinski definition) is 1. The molecule has 4 nitrogen and oxygen atoms in total. The highest BCUT2D eigenvalue weighted by Gasteiger charge is 2.16. The molecule has 0 radical (unpaired) electrons. The second kappa shape index (κ2) is 7.65. The summed E-state index contributed by atoms with van der Waals surface area (Å²) >= 11 is 5.95. The van der Waals surface area contributed by atoms with E-state index in [4.69, 9.17) is 16.9 Å². The average Bonchev–Trinajstić information content (AvgIpc) is 2.42. The van der Waals surface area contributed by atoms with Crippen molar-refractivity contribution in [2.75, 3.05) is 25.5 Å². The molecule has 0 heterocycles. The number of anilines is 1. The maximum absolute atomic E-state index is 12.3. The summed E-state index contributed by atoms with van der Waals surface area (Å²) in [4.78, 5) is 13.8. The first-order valence-corrected chi connectivity index (χ1v) is 6.63. The Bertz CT molecular complexity index is 482. The van der Waals surface area contributed by atoms with Crippen LogP contribution >= 0.6 is 11.6 Å². The van der Waals surface area contributed by atoms with Crippen molar-refractivity contribution in [2.24, 2.45) is 0 Å². The van der Waals surface area contributed by atoms with Crippen molar-refractivity contribution < 1.29 is 4.79 Å². The summed E-state index contributed by atoms with van der Waals surface area (Å²) in [5.74, 6) is -0.128. The molecule has 1 aromatic carbocycles. The average molecular weight is 280 g/mol. The molecule has 0 aliphatic carbocycles. The fourth-order valence-corrected chi connectivity index (χ4v) is 1.80. The van der Waals surface area contributed by atoms with Gasteiger partial charge in [-0.1, -0.05) is 18.5 Å². The van der Waals surface area contributed by atoms with Crippen molar-refractivity contribution in [1.29, 1.82) is 5.26 Å². The summed E-state index contributed by atoms with van der Waals surface area (Å²) < 4.78 is 0. The number of amides is 1. The SMILES string of the molecule is CCCNc1ccc(Cl)cc1C(=O)N(C)CCC#N. The molecular formula is C14H18ClN3O. The number of nitriles is 1. The van der Waals surface area contributed by atoms with Gasteiger partial charge in [-0.3, -0.25) is 4.79 Å². The third-order valence-electron chi connectivity index (χ3n) is 2.68. The molecule has 0 bridgehead atoms. The molecule has 0 atom stereocenters. The highest BCUT2D eigenvalue weighted by molar-refractivity contribution is 6.31. The van der Waals surface area contributed by atoms with Gasteiger partial charge in [0, 0.05) is 30.8 Å². The lowest BCUT2D eigenvalue weighted by Gasteiger charge is -2.18. The standard InChI is InChI=1S/C14H18ClN3O/c1-3-8-17-13-6-5-11(15)10-12(13)14(19)18(2)9-4-7-16/h5-6,10,17H,3-4,8-9H2,1-2H3. The molecule has 0 saturated heterocycles. The van der Waals surface area contributed by atoms with E-state index in [-0.39, 0.29) is 5.91 Å². The van der Waals surface area contributed by atoms with E-state index in [1.807, 2.05) is 12.1 Å². The Kier molecular flexibility index (Phi) is 6.17. The molecule has 102 valence electrons. The Morgan fingerprint density at radius 3 is 2.89 bits per heavy atom. The van der Waals surface area contributed by atoms with E-state index in [9.17, 15) is 4.79 Å². The monoisotopic (exact) mass is 279 g/mol.